The van der Waals surface area contributed by atoms with Crippen LogP contribution in [-0.2, 0) is 10.2 Å². The van der Waals surface area contributed by atoms with Crippen LogP contribution in [0.4, 0.5) is 5.82 Å². The lowest BCUT2D eigenvalue weighted by atomic mass is 9.86. The molecule has 33 heavy (non-hydrogen) atoms. The van der Waals surface area contributed by atoms with Gasteiger partial charge in [-0.15, -0.1) is 10.2 Å². The standard InChI is InChI=1S/C23H23N7O3/c1-23(2,22(32)26-10-11-31)17-12-15(8-9-25-17)16-13-27-19(24)18(28-16)21-30-29-20(33-21)14-6-4-3-5-7-14/h3-9,12-13,31H,10-11H2,1-2H3,(H2,24,27)(H,26,32). The second-order valence-electron chi connectivity index (χ2n) is 7.80. The quantitative estimate of drug-likeness (QED) is 0.388. The van der Waals surface area contributed by atoms with Crippen molar-refractivity contribution < 1.29 is 14.3 Å². The van der Waals surface area contributed by atoms with E-state index in [4.69, 9.17) is 15.3 Å². The number of benzene rings is 1. The van der Waals surface area contributed by atoms with Gasteiger partial charge in [0.05, 0.1) is 29.6 Å². The molecule has 4 N–H and O–H groups in total. The van der Waals surface area contributed by atoms with Crippen molar-refractivity contribution in [2.75, 3.05) is 18.9 Å². The summed E-state index contributed by atoms with van der Waals surface area (Å²) < 4.78 is 5.78. The fourth-order valence-electron chi connectivity index (χ4n) is 3.15. The summed E-state index contributed by atoms with van der Waals surface area (Å²) >= 11 is 0. The van der Waals surface area contributed by atoms with Crippen LogP contribution in [0.3, 0.4) is 0 Å². The van der Waals surface area contributed by atoms with E-state index in [0.717, 1.165) is 5.56 Å². The molecule has 0 radical (unpaired) electrons. The average molecular weight is 445 g/mol. The van der Waals surface area contributed by atoms with Crippen LogP contribution in [0.2, 0.25) is 0 Å². The number of nitrogen functional groups attached to an aromatic ring is 1. The number of carbonyl (C=O) groups excluding carboxylic acids is 1. The number of nitrogens with one attached hydrogen (secondary N) is 1. The molecule has 0 aliphatic heterocycles. The van der Waals surface area contributed by atoms with Crippen LogP contribution in [0.15, 0.2) is 59.3 Å². The van der Waals surface area contributed by atoms with Gasteiger partial charge in [-0.1, -0.05) is 18.2 Å². The molecule has 10 heteroatoms. The van der Waals surface area contributed by atoms with Gasteiger partial charge in [0, 0.05) is 23.9 Å². The lowest BCUT2D eigenvalue weighted by Gasteiger charge is -2.23. The molecule has 3 heterocycles. The second kappa shape index (κ2) is 9.13. The highest BCUT2D eigenvalue weighted by Crippen LogP contribution is 2.29. The number of pyridine rings is 1. The van der Waals surface area contributed by atoms with Crippen LogP contribution in [0.25, 0.3) is 34.3 Å². The number of aliphatic hydroxyl groups is 1. The molecular formula is C23H23N7O3. The van der Waals surface area contributed by atoms with Gasteiger partial charge in [-0.05, 0) is 38.1 Å². The Morgan fingerprint density at radius 1 is 1.09 bits per heavy atom. The van der Waals surface area contributed by atoms with E-state index in [1.165, 1.54) is 6.20 Å². The number of rotatable bonds is 7. The van der Waals surface area contributed by atoms with E-state index in [2.05, 4.69) is 30.5 Å². The van der Waals surface area contributed by atoms with Crippen molar-refractivity contribution in [2.24, 2.45) is 0 Å². The van der Waals surface area contributed by atoms with E-state index in [9.17, 15) is 4.79 Å². The van der Waals surface area contributed by atoms with Crippen molar-refractivity contribution in [3.8, 4) is 34.3 Å². The Hall–Kier alpha value is -4.18. The van der Waals surface area contributed by atoms with E-state index < -0.39 is 5.41 Å². The molecule has 1 aromatic carbocycles. The minimum atomic E-state index is -0.924. The molecule has 0 fully saturated rings. The van der Waals surface area contributed by atoms with Crippen LogP contribution in [0.5, 0.6) is 0 Å². The molecule has 0 saturated carbocycles. The van der Waals surface area contributed by atoms with E-state index in [-0.39, 0.29) is 36.5 Å². The zero-order valence-corrected chi connectivity index (χ0v) is 18.2. The fraction of sp³-hybridized carbons (Fsp3) is 0.217. The molecule has 0 aliphatic rings. The SMILES string of the molecule is CC(C)(C(=O)NCCO)c1cc(-c2cnc(N)c(-c3nnc(-c4ccccc4)o3)n2)ccn1. The minimum Gasteiger partial charge on any atom is -0.414 e. The molecule has 0 bridgehead atoms. The lowest BCUT2D eigenvalue weighted by Crippen LogP contribution is -2.41. The number of anilines is 1. The predicted molar refractivity (Wildman–Crippen MR) is 122 cm³/mol. The first-order valence-corrected chi connectivity index (χ1v) is 10.3. The Kier molecular flexibility index (Phi) is 6.09. The van der Waals surface area contributed by atoms with Gasteiger partial charge >= 0.3 is 0 Å². The number of hydrogen-bond donors (Lipinski definition) is 3. The first-order chi connectivity index (χ1) is 15.9. The highest BCUT2D eigenvalue weighted by Gasteiger charge is 2.31. The summed E-state index contributed by atoms with van der Waals surface area (Å²) in [6.07, 6.45) is 3.13. The van der Waals surface area contributed by atoms with Gasteiger partial charge in [-0.3, -0.25) is 9.78 Å². The average Bonchev–Trinajstić information content (AvgIpc) is 3.33. The number of aliphatic hydroxyl groups excluding tert-OH is 1. The van der Waals surface area contributed by atoms with E-state index in [0.29, 0.717) is 22.8 Å². The molecule has 3 aromatic heterocycles. The zero-order valence-electron chi connectivity index (χ0n) is 18.2. The Morgan fingerprint density at radius 2 is 1.85 bits per heavy atom. The summed E-state index contributed by atoms with van der Waals surface area (Å²) in [6, 6.07) is 12.9. The van der Waals surface area contributed by atoms with E-state index >= 15 is 0 Å². The van der Waals surface area contributed by atoms with Crippen molar-refractivity contribution in [3.63, 3.8) is 0 Å². The molecule has 1 amide bonds. The molecule has 0 saturated heterocycles. The number of aromatic nitrogens is 5. The van der Waals surface area contributed by atoms with Crippen LogP contribution in [0, 0.1) is 0 Å². The highest BCUT2D eigenvalue weighted by molar-refractivity contribution is 5.87. The smallest absolute Gasteiger partial charge is 0.270 e. The largest absolute Gasteiger partial charge is 0.414 e. The molecule has 4 rings (SSSR count). The maximum Gasteiger partial charge on any atom is 0.270 e. The molecule has 0 spiro atoms. The molecule has 10 nitrogen and oxygen atoms in total. The Balaban J connectivity index is 1.67. The number of hydrogen-bond acceptors (Lipinski definition) is 9. The summed E-state index contributed by atoms with van der Waals surface area (Å²) in [7, 11) is 0. The summed E-state index contributed by atoms with van der Waals surface area (Å²) in [6.45, 7) is 3.55. The van der Waals surface area contributed by atoms with Crippen molar-refractivity contribution in [3.05, 3.63) is 60.6 Å². The first kappa shape index (κ1) is 22.0. The van der Waals surface area contributed by atoms with Crippen LogP contribution < -0.4 is 11.1 Å². The Morgan fingerprint density at radius 3 is 2.61 bits per heavy atom. The summed E-state index contributed by atoms with van der Waals surface area (Å²) in [4.78, 5) is 25.7. The van der Waals surface area contributed by atoms with Crippen LogP contribution in [-0.4, -0.2) is 49.3 Å². The molecule has 0 aliphatic carbocycles. The third-order valence-corrected chi connectivity index (χ3v) is 5.11. The summed E-state index contributed by atoms with van der Waals surface area (Å²) in [5.41, 5.74) is 7.91. The second-order valence-corrected chi connectivity index (χ2v) is 7.80. The van der Waals surface area contributed by atoms with Gasteiger partial charge in [0.1, 0.15) is 0 Å². The van der Waals surface area contributed by atoms with Crippen molar-refractivity contribution >= 4 is 11.7 Å². The zero-order chi connectivity index (χ0) is 23.4. The molecule has 0 atom stereocenters. The van der Waals surface area contributed by atoms with Gasteiger partial charge in [0.25, 0.3) is 5.89 Å². The monoisotopic (exact) mass is 445 g/mol. The van der Waals surface area contributed by atoms with E-state index in [1.807, 2.05) is 30.3 Å². The maximum absolute atomic E-state index is 12.5. The van der Waals surface area contributed by atoms with Crippen LogP contribution in [0.1, 0.15) is 19.5 Å². The number of amides is 1. The molecule has 168 valence electrons. The number of nitrogens with two attached hydrogens (primary N) is 1. The van der Waals surface area contributed by atoms with Gasteiger partial charge in [-0.2, -0.15) is 0 Å². The van der Waals surface area contributed by atoms with Gasteiger partial charge < -0.3 is 20.6 Å². The number of nitrogens with zero attached hydrogens (tertiary/aromatic N) is 5. The van der Waals surface area contributed by atoms with Gasteiger partial charge in [0.15, 0.2) is 11.5 Å². The Bertz CT molecular complexity index is 1270. The molecule has 4 aromatic rings. The highest BCUT2D eigenvalue weighted by atomic mass is 16.4. The topological polar surface area (TPSA) is 153 Å². The minimum absolute atomic E-state index is 0.138. The van der Waals surface area contributed by atoms with Crippen molar-refractivity contribution in [2.45, 2.75) is 19.3 Å². The molecule has 0 unspecified atom stereocenters. The van der Waals surface area contributed by atoms with Crippen molar-refractivity contribution in [1.82, 2.24) is 30.5 Å². The van der Waals surface area contributed by atoms with Gasteiger partial charge in [0.2, 0.25) is 11.8 Å². The van der Waals surface area contributed by atoms with E-state index in [1.54, 1.807) is 32.2 Å². The van der Waals surface area contributed by atoms with Crippen molar-refractivity contribution in [1.29, 1.82) is 0 Å². The number of carbonyl (C=O) groups is 1. The predicted octanol–water partition coefficient (Wildman–Crippen LogP) is 2.22. The molecular weight excluding hydrogens is 422 g/mol. The third-order valence-electron chi connectivity index (χ3n) is 5.11. The van der Waals surface area contributed by atoms with Gasteiger partial charge in [-0.25, -0.2) is 9.97 Å². The third kappa shape index (κ3) is 4.55. The lowest BCUT2D eigenvalue weighted by molar-refractivity contribution is -0.125. The Labute approximate surface area is 189 Å². The fourth-order valence-corrected chi connectivity index (χ4v) is 3.15. The summed E-state index contributed by atoms with van der Waals surface area (Å²) in [5.74, 6) is 0.405. The maximum atomic E-state index is 12.5. The normalized spacial score (nSPS) is 11.4. The first-order valence-electron chi connectivity index (χ1n) is 10.3. The summed E-state index contributed by atoms with van der Waals surface area (Å²) in [5, 5.41) is 19.8. The van der Waals surface area contributed by atoms with Crippen LogP contribution >= 0.6 is 0 Å².